The molecule has 0 aliphatic carbocycles. The van der Waals surface area contributed by atoms with Gasteiger partial charge in [0, 0.05) is 12.2 Å². The summed E-state index contributed by atoms with van der Waals surface area (Å²) in [5, 5.41) is 2.88. The zero-order valence-electron chi connectivity index (χ0n) is 18.8. The molecule has 0 aliphatic rings. The molecule has 6 nitrogen and oxygen atoms in total. The van der Waals surface area contributed by atoms with Crippen molar-refractivity contribution in [3.8, 4) is 5.75 Å². The van der Waals surface area contributed by atoms with E-state index >= 15 is 0 Å². The second kappa shape index (κ2) is 9.87. The van der Waals surface area contributed by atoms with Crippen LogP contribution in [0.5, 0.6) is 5.75 Å². The maximum atomic E-state index is 13.0. The van der Waals surface area contributed by atoms with Crippen LogP contribution in [0.25, 0.3) is 0 Å². The third-order valence-electron chi connectivity index (χ3n) is 5.14. The standard InChI is InChI=1S/C25H28N2O4S/c1-5-27(32(29,30)23-15-9-18(2)10-16-23)21-11-13-22(14-12-21)31-17-24(28)26-25-19(3)7-6-8-20(25)4/h6-16H,5,17H2,1-4H3,(H,26,28). The first-order valence-electron chi connectivity index (χ1n) is 10.4. The zero-order valence-corrected chi connectivity index (χ0v) is 19.6. The van der Waals surface area contributed by atoms with Gasteiger partial charge in [0.05, 0.1) is 10.6 Å². The molecule has 7 heteroatoms. The van der Waals surface area contributed by atoms with Gasteiger partial charge in [0.2, 0.25) is 0 Å². The van der Waals surface area contributed by atoms with Gasteiger partial charge in [0.15, 0.2) is 6.61 Å². The van der Waals surface area contributed by atoms with Gasteiger partial charge in [-0.2, -0.15) is 0 Å². The number of hydrogen-bond acceptors (Lipinski definition) is 4. The fourth-order valence-electron chi connectivity index (χ4n) is 3.37. The molecule has 0 spiro atoms. The van der Waals surface area contributed by atoms with Crippen LogP contribution in [0.3, 0.4) is 0 Å². The lowest BCUT2D eigenvalue weighted by Gasteiger charge is -2.23. The molecule has 0 unspecified atom stereocenters. The highest BCUT2D eigenvalue weighted by Crippen LogP contribution is 2.26. The molecule has 0 aromatic heterocycles. The Hall–Kier alpha value is -3.32. The quantitative estimate of drug-likeness (QED) is 0.530. The molecular formula is C25H28N2O4S. The van der Waals surface area contributed by atoms with E-state index in [2.05, 4.69) is 5.32 Å². The maximum Gasteiger partial charge on any atom is 0.264 e. The van der Waals surface area contributed by atoms with E-state index in [1.54, 1.807) is 55.5 Å². The predicted molar refractivity (Wildman–Crippen MR) is 128 cm³/mol. The summed E-state index contributed by atoms with van der Waals surface area (Å²) < 4.78 is 33.0. The van der Waals surface area contributed by atoms with E-state index in [9.17, 15) is 13.2 Å². The molecule has 1 N–H and O–H groups in total. The van der Waals surface area contributed by atoms with Gasteiger partial charge in [0.25, 0.3) is 15.9 Å². The Labute approximate surface area is 189 Å². The molecule has 0 heterocycles. The molecule has 0 atom stereocenters. The summed E-state index contributed by atoms with van der Waals surface area (Å²) >= 11 is 0. The third kappa shape index (κ3) is 5.29. The SMILES string of the molecule is CCN(c1ccc(OCC(=O)Nc2c(C)cccc2C)cc1)S(=O)(=O)c1ccc(C)cc1. The number of amides is 1. The average molecular weight is 453 g/mol. The number of benzene rings is 3. The second-order valence-electron chi connectivity index (χ2n) is 7.58. The summed E-state index contributed by atoms with van der Waals surface area (Å²) in [5.41, 5.74) is 4.28. The van der Waals surface area contributed by atoms with Crippen molar-refractivity contribution < 1.29 is 17.9 Å². The third-order valence-corrected chi connectivity index (χ3v) is 7.05. The fourth-order valence-corrected chi connectivity index (χ4v) is 4.85. The molecule has 0 saturated carbocycles. The van der Waals surface area contributed by atoms with Gasteiger partial charge < -0.3 is 10.1 Å². The van der Waals surface area contributed by atoms with E-state index in [0.29, 0.717) is 11.4 Å². The lowest BCUT2D eigenvalue weighted by atomic mass is 10.1. The fraction of sp³-hybridized carbons (Fsp3) is 0.240. The van der Waals surface area contributed by atoms with E-state index in [1.807, 2.05) is 39.0 Å². The topological polar surface area (TPSA) is 75.7 Å². The number of aryl methyl sites for hydroxylation is 3. The molecule has 3 aromatic rings. The summed E-state index contributed by atoms with van der Waals surface area (Å²) in [7, 11) is -3.67. The predicted octanol–water partition coefficient (Wildman–Crippen LogP) is 4.84. The summed E-state index contributed by atoms with van der Waals surface area (Å²) in [5.74, 6) is 0.220. The van der Waals surface area contributed by atoms with Crippen LogP contribution in [0.2, 0.25) is 0 Å². The second-order valence-corrected chi connectivity index (χ2v) is 9.44. The molecule has 0 radical (unpaired) electrons. The Balaban J connectivity index is 1.67. The van der Waals surface area contributed by atoms with Crippen molar-refractivity contribution in [1.29, 1.82) is 0 Å². The van der Waals surface area contributed by atoms with Crippen molar-refractivity contribution in [3.63, 3.8) is 0 Å². The Bertz CT molecular complexity index is 1170. The van der Waals surface area contributed by atoms with E-state index in [-0.39, 0.29) is 24.0 Å². The van der Waals surface area contributed by atoms with Gasteiger partial charge in [-0.1, -0.05) is 35.9 Å². The number of anilines is 2. The highest BCUT2D eigenvalue weighted by molar-refractivity contribution is 7.92. The zero-order chi connectivity index (χ0) is 23.3. The Morgan fingerprint density at radius 3 is 2.06 bits per heavy atom. The molecule has 3 aromatic carbocycles. The van der Waals surface area contributed by atoms with Crippen molar-refractivity contribution in [2.24, 2.45) is 0 Å². The van der Waals surface area contributed by atoms with Gasteiger partial charge in [-0.25, -0.2) is 8.42 Å². The van der Waals surface area contributed by atoms with Crippen LogP contribution < -0.4 is 14.4 Å². The number of hydrogen-bond donors (Lipinski definition) is 1. The van der Waals surface area contributed by atoms with Crippen LogP contribution in [0, 0.1) is 20.8 Å². The van der Waals surface area contributed by atoms with E-state index in [0.717, 1.165) is 22.4 Å². The smallest absolute Gasteiger partial charge is 0.264 e. The number of nitrogens with one attached hydrogen (secondary N) is 1. The van der Waals surface area contributed by atoms with Gasteiger partial charge in [-0.15, -0.1) is 0 Å². The van der Waals surface area contributed by atoms with E-state index in [1.165, 1.54) is 4.31 Å². The largest absolute Gasteiger partial charge is 0.484 e. The molecule has 0 bridgehead atoms. The number of sulfonamides is 1. The van der Waals surface area contributed by atoms with Gasteiger partial charge in [0.1, 0.15) is 5.75 Å². The minimum absolute atomic E-state index is 0.147. The first kappa shape index (κ1) is 23.3. The average Bonchev–Trinajstić information content (AvgIpc) is 2.76. The molecule has 3 rings (SSSR count). The normalized spacial score (nSPS) is 11.1. The first-order chi connectivity index (χ1) is 15.2. The molecule has 1 amide bonds. The summed E-state index contributed by atoms with van der Waals surface area (Å²) in [6.45, 7) is 7.71. The summed E-state index contributed by atoms with van der Waals surface area (Å²) in [4.78, 5) is 12.5. The lowest BCUT2D eigenvalue weighted by molar-refractivity contribution is -0.118. The van der Waals surface area contributed by atoms with Crippen molar-refractivity contribution in [2.75, 3.05) is 22.8 Å². The van der Waals surface area contributed by atoms with E-state index < -0.39 is 10.0 Å². The number of para-hydroxylation sites is 1. The summed E-state index contributed by atoms with van der Waals surface area (Å²) in [6.07, 6.45) is 0. The van der Waals surface area contributed by atoms with Crippen molar-refractivity contribution in [3.05, 3.63) is 83.4 Å². The highest BCUT2D eigenvalue weighted by atomic mass is 32.2. The molecule has 0 aliphatic heterocycles. The van der Waals surface area contributed by atoms with Gasteiger partial charge in [-0.3, -0.25) is 9.10 Å². The van der Waals surface area contributed by atoms with Crippen LogP contribution in [-0.4, -0.2) is 27.5 Å². The monoisotopic (exact) mass is 452 g/mol. The van der Waals surface area contributed by atoms with Crippen LogP contribution in [0.15, 0.2) is 71.6 Å². The molecule has 32 heavy (non-hydrogen) atoms. The minimum atomic E-state index is -3.67. The number of carbonyl (C=O) groups is 1. The Kier molecular flexibility index (Phi) is 7.20. The van der Waals surface area contributed by atoms with Gasteiger partial charge >= 0.3 is 0 Å². The molecule has 0 fully saturated rings. The maximum absolute atomic E-state index is 13.0. The van der Waals surface area contributed by atoms with Crippen LogP contribution >= 0.6 is 0 Å². The Morgan fingerprint density at radius 1 is 0.906 bits per heavy atom. The van der Waals surface area contributed by atoms with Crippen molar-refractivity contribution in [2.45, 2.75) is 32.6 Å². The number of carbonyl (C=O) groups excluding carboxylic acids is 1. The van der Waals surface area contributed by atoms with Gasteiger partial charge in [-0.05, 0) is 75.2 Å². The van der Waals surface area contributed by atoms with Crippen molar-refractivity contribution in [1.82, 2.24) is 0 Å². The number of rotatable bonds is 8. The number of nitrogens with zero attached hydrogens (tertiary/aromatic N) is 1. The summed E-state index contributed by atoms with van der Waals surface area (Å²) in [6, 6.07) is 19.3. The number of ether oxygens (including phenoxy) is 1. The van der Waals surface area contributed by atoms with E-state index in [4.69, 9.17) is 4.74 Å². The highest BCUT2D eigenvalue weighted by Gasteiger charge is 2.23. The molecule has 0 saturated heterocycles. The molecular weight excluding hydrogens is 424 g/mol. The first-order valence-corrected chi connectivity index (χ1v) is 11.8. The molecule has 168 valence electrons. The lowest BCUT2D eigenvalue weighted by Crippen LogP contribution is -2.30. The Morgan fingerprint density at radius 2 is 1.50 bits per heavy atom. The van der Waals surface area contributed by atoms with Crippen molar-refractivity contribution >= 4 is 27.3 Å². The van der Waals surface area contributed by atoms with Crippen LogP contribution in [-0.2, 0) is 14.8 Å². The van der Waals surface area contributed by atoms with Crippen LogP contribution in [0.4, 0.5) is 11.4 Å². The van der Waals surface area contributed by atoms with Crippen LogP contribution in [0.1, 0.15) is 23.6 Å². The minimum Gasteiger partial charge on any atom is -0.484 e.